The predicted octanol–water partition coefficient (Wildman–Crippen LogP) is 3.17. The lowest BCUT2D eigenvalue weighted by molar-refractivity contribution is 0.102. The molecule has 0 radical (unpaired) electrons. The second kappa shape index (κ2) is 4.30. The molecule has 3 aromatic rings. The minimum atomic E-state index is -0.270. The highest BCUT2D eigenvalue weighted by Crippen LogP contribution is 2.22. The van der Waals surface area contributed by atoms with Gasteiger partial charge in [-0.25, -0.2) is 0 Å². The normalized spacial score (nSPS) is 10.7. The van der Waals surface area contributed by atoms with Gasteiger partial charge >= 0.3 is 0 Å². The molecule has 0 saturated heterocycles. The van der Waals surface area contributed by atoms with Crippen molar-refractivity contribution in [1.29, 1.82) is 0 Å². The number of hydrogen-bond donors (Lipinski definition) is 2. The number of nitrogens with zero attached hydrogens (tertiary/aromatic N) is 1. The van der Waals surface area contributed by atoms with Gasteiger partial charge in [-0.3, -0.25) is 9.89 Å². The van der Waals surface area contributed by atoms with Crippen LogP contribution < -0.4 is 5.32 Å². The summed E-state index contributed by atoms with van der Waals surface area (Å²) in [7, 11) is 0. The maximum atomic E-state index is 12.0. The van der Waals surface area contributed by atoms with Crippen molar-refractivity contribution in [2.75, 3.05) is 5.32 Å². The molecule has 0 atom stereocenters. The number of carbonyl (C=O) groups excluding carboxylic acids is 1. The number of H-pyrrole nitrogens is 1. The first-order chi connectivity index (χ1) is 8.75. The van der Waals surface area contributed by atoms with Gasteiger partial charge in [0.05, 0.1) is 17.3 Å². The maximum Gasteiger partial charge on any atom is 0.261 e. The van der Waals surface area contributed by atoms with Gasteiger partial charge in [0.25, 0.3) is 5.91 Å². The summed E-state index contributed by atoms with van der Waals surface area (Å²) in [5, 5.41) is 10.5. The number of benzene rings is 1. The topological polar surface area (TPSA) is 70.9 Å². The molecule has 2 aromatic heterocycles. The lowest BCUT2D eigenvalue weighted by Gasteiger charge is -2.00. The number of para-hydroxylation sites is 1. The number of furan rings is 1. The molecule has 0 bridgehead atoms. The number of hydrogen-bond acceptors (Lipinski definition) is 3. The molecule has 0 aliphatic carbocycles. The van der Waals surface area contributed by atoms with E-state index in [1.807, 2.05) is 24.3 Å². The number of aromatic nitrogens is 2. The summed E-state index contributed by atoms with van der Waals surface area (Å²) >= 11 is 3.16. The molecule has 0 aliphatic rings. The number of rotatable bonds is 2. The standard InChI is InChI=1S/C12H8BrN3O2/c13-10-8(5-6-18-10)12(17)14-11-7-3-1-2-4-9(7)15-16-11/h1-6H,(H2,14,15,16,17). The summed E-state index contributed by atoms with van der Waals surface area (Å²) in [6, 6.07) is 9.17. The van der Waals surface area contributed by atoms with Crippen LogP contribution in [0.4, 0.5) is 5.82 Å². The van der Waals surface area contributed by atoms with E-state index in [1.165, 1.54) is 6.26 Å². The average molecular weight is 306 g/mol. The van der Waals surface area contributed by atoms with Gasteiger partial charge in [-0.15, -0.1) is 0 Å². The Morgan fingerprint density at radius 2 is 2.17 bits per heavy atom. The average Bonchev–Trinajstić information content (AvgIpc) is 2.97. The Bertz CT molecular complexity index is 717. The van der Waals surface area contributed by atoms with Crippen LogP contribution >= 0.6 is 15.9 Å². The van der Waals surface area contributed by atoms with Crippen molar-refractivity contribution >= 4 is 38.6 Å². The van der Waals surface area contributed by atoms with Gasteiger partial charge in [0.1, 0.15) is 0 Å². The van der Waals surface area contributed by atoms with E-state index in [-0.39, 0.29) is 5.91 Å². The van der Waals surface area contributed by atoms with Crippen LogP contribution in [0.5, 0.6) is 0 Å². The first-order valence-corrected chi connectivity index (χ1v) is 6.02. The summed E-state index contributed by atoms with van der Waals surface area (Å²) < 4.78 is 5.42. The van der Waals surface area contributed by atoms with E-state index in [2.05, 4.69) is 31.4 Å². The van der Waals surface area contributed by atoms with Crippen molar-refractivity contribution in [3.05, 3.63) is 46.8 Å². The Morgan fingerprint density at radius 3 is 2.94 bits per heavy atom. The smallest absolute Gasteiger partial charge is 0.261 e. The van der Waals surface area contributed by atoms with E-state index in [0.29, 0.717) is 16.1 Å². The molecule has 0 unspecified atom stereocenters. The van der Waals surface area contributed by atoms with E-state index >= 15 is 0 Å². The zero-order valence-corrected chi connectivity index (χ0v) is 10.7. The molecule has 5 nitrogen and oxygen atoms in total. The number of halogens is 1. The van der Waals surface area contributed by atoms with E-state index in [0.717, 1.165) is 10.9 Å². The molecule has 6 heteroatoms. The molecule has 2 N–H and O–H groups in total. The van der Waals surface area contributed by atoms with Gasteiger partial charge in [-0.2, -0.15) is 5.10 Å². The van der Waals surface area contributed by atoms with Gasteiger partial charge in [-0.05, 0) is 34.1 Å². The van der Waals surface area contributed by atoms with Crippen LogP contribution in [0.1, 0.15) is 10.4 Å². The lowest BCUT2D eigenvalue weighted by atomic mass is 10.2. The Balaban J connectivity index is 1.93. The molecule has 3 rings (SSSR count). The monoisotopic (exact) mass is 305 g/mol. The predicted molar refractivity (Wildman–Crippen MR) is 70.5 cm³/mol. The zero-order chi connectivity index (χ0) is 12.5. The number of anilines is 1. The fourth-order valence-corrected chi connectivity index (χ4v) is 2.11. The largest absolute Gasteiger partial charge is 0.457 e. The second-order valence-corrected chi connectivity index (χ2v) is 4.40. The number of carbonyl (C=O) groups is 1. The third-order valence-corrected chi connectivity index (χ3v) is 3.18. The zero-order valence-electron chi connectivity index (χ0n) is 9.11. The second-order valence-electron chi connectivity index (χ2n) is 3.68. The van der Waals surface area contributed by atoms with Crippen LogP contribution in [0.25, 0.3) is 10.9 Å². The Labute approximate surface area is 110 Å². The highest BCUT2D eigenvalue weighted by molar-refractivity contribution is 9.10. The van der Waals surface area contributed by atoms with Crippen molar-refractivity contribution < 1.29 is 9.21 Å². The SMILES string of the molecule is O=C(Nc1n[nH]c2ccccc12)c1ccoc1Br. The number of fused-ring (bicyclic) bond motifs is 1. The van der Waals surface area contributed by atoms with E-state index in [4.69, 9.17) is 4.42 Å². The van der Waals surface area contributed by atoms with Crippen molar-refractivity contribution in [2.45, 2.75) is 0 Å². The molecule has 2 heterocycles. The molecular weight excluding hydrogens is 298 g/mol. The van der Waals surface area contributed by atoms with Crippen LogP contribution in [0.2, 0.25) is 0 Å². The van der Waals surface area contributed by atoms with Crippen LogP contribution in [-0.2, 0) is 0 Å². The van der Waals surface area contributed by atoms with Crippen molar-refractivity contribution in [3.63, 3.8) is 0 Å². The fraction of sp³-hybridized carbons (Fsp3) is 0. The minimum Gasteiger partial charge on any atom is -0.457 e. The van der Waals surface area contributed by atoms with Crippen molar-refractivity contribution in [3.8, 4) is 0 Å². The van der Waals surface area contributed by atoms with Gasteiger partial charge in [0, 0.05) is 5.39 Å². The van der Waals surface area contributed by atoms with Gasteiger partial charge < -0.3 is 9.73 Å². The number of aromatic amines is 1. The fourth-order valence-electron chi connectivity index (χ4n) is 1.69. The summed E-state index contributed by atoms with van der Waals surface area (Å²) in [6.45, 7) is 0. The van der Waals surface area contributed by atoms with Gasteiger partial charge in [0.15, 0.2) is 10.5 Å². The summed E-state index contributed by atoms with van der Waals surface area (Å²) in [6.07, 6.45) is 1.45. The van der Waals surface area contributed by atoms with Crippen molar-refractivity contribution in [1.82, 2.24) is 10.2 Å². The van der Waals surface area contributed by atoms with Crippen LogP contribution in [0, 0.1) is 0 Å². The minimum absolute atomic E-state index is 0.270. The van der Waals surface area contributed by atoms with Crippen LogP contribution in [0.15, 0.2) is 45.7 Å². The van der Waals surface area contributed by atoms with Crippen LogP contribution in [-0.4, -0.2) is 16.1 Å². The van der Waals surface area contributed by atoms with E-state index in [9.17, 15) is 4.79 Å². The molecule has 0 aliphatic heterocycles. The summed E-state index contributed by atoms with van der Waals surface area (Å²) in [5.41, 5.74) is 1.31. The molecule has 90 valence electrons. The molecule has 0 fully saturated rings. The molecule has 18 heavy (non-hydrogen) atoms. The molecule has 1 aromatic carbocycles. The Morgan fingerprint density at radius 1 is 1.33 bits per heavy atom. The van der Waals surface area contributed by atoms with E-state index < -0.39 is 0 Å². The van der Waals surface area contributed by atoms with Crippen LogP contribution in [0.3, 0.4) is 0 Å². The molecule has 0 spiro atoms. The first kappa shape index (κ1) is 11.0. The lowest BCUT2D eigenvalue weighted by Crippen LogP contribution is -2.11. The van der Waals surface area contributed by atoms with Gasteiger partial charge in [-0.1, -0.05) is 12.1 Å². The molecular formula is C12H8BrN3O2. The maximum absolute atomic E-state index is 12.0. The molecule has 1 amide bonds. The number of nitrogens with one attached hydrogen (secondary N) is 2. The molecule has 0 saturated carbocycles. The third kappa shape index (κ3) is 1.80. The van der Waals surface area contributed by atoms with Gasteiger partial charge in [0.2, 0.25) is 0 Å². The number of amides is 1. The quantitative estimate of drug-likeness (QED) is 0.764. The Hall–Kier alpha value is -2.08. The first-order valence-electron chi connectivity index (χ1n) is 5.23. The third-order valence-electron chi connectivity index (χ3n) is 2.56. The van der Waals surface area contributed by atoms with E-state index in [1.54, 1.807) is 6.07 Å². The summed E-state index contributed by atoms with van der Waals surface area (Å²) in [5.74, 6) is 0.233. The summed E-state index contributed by atoms with van der Waals surface area (Å²) in [4.78, 5) is 12.0. The highest BCUT2D eigenvalue weighted by Gasteiger charge is 2.15. The Kier molecular flexibility index (Phi) is 2.64. The highest BCUT2D eigenvalue weighted by atomic mass is 79.9. The van der Waals surface area contributed by atoms with Crippen molar-refractivity contribution in [2.24, 2.45) is 0 Å².